The number of hydrogen-bond acceptors (Lipinski definition) is 1. The fraction of sp³-hybridized carbons (Fsp3) is 0.857. The van der Waals surface area contributed by atoms with E-state index in [1.165, 1.54) is 19.3 Å². The molecule has 15 heavy (non-hydrogen) atoms. The molecule has 1 aliphatic carbocycles. The van der Waals surface area contributed by atoms with E-state index >= 15 is 0 Å². The molecule has 88 valence electrons. The van der Waals surface area contributed by atoms with Crippen molar-refractivity contribution in [2.75, 3.05) is 6.54 Å². The van der Waals surface area contributed by atoms with Crippen LogP contribution >= 0.6 is 0 Å². The first-order valence-electron chi connectivity index (χ1n) is 6.44. The molecule has 0 saturated carbocycles. The van der Waals surface area contributed by atoms with Crippen molar-refractivity contribution in [1.82, 2.24) is 0 Å². The Morgan fingerprint density at radius 3 is 2.40 bits per heavy atom. The molecule has 0 aromatic heterocycles. The van der Waals surface area contributed by atoms with Crippen molar-refractivity contribution >= 4 is 0 Å². The molecule has 1 nitrogen and oxygen atoms in total. The molecule has 0 aliphatic heterocycles. The SMILES string of the molecule is CCC1CC=CC(CN)C(CC)C1(C)C. The zero-order valence-electron chi connectivity index (χ0n) is 10.8. The van der Waals surface area contributed by atoms with E-state index in [2.05, 4.69) is 39.8 Å². The molecule has 0 heterocycles. The van der Waals surface area contributed by atoms with Crippen molar-refractivity contribution in [2.45, 2.75) is 47.0 Å². The molecule has 0 aromatic rings. The first-order valence-corrected chi connectivity index (χ1v) is 6.44. The summed E-state index contributed by atoms with van der Waals surface area (Å²) >= 11 is 0. The van der Waals surface area contributed by atoms with Crippen molar-refractivity contribution in [3.63, 3.8) is 0 Å². The highest BCUT2D eigenvalue weighted by atomic mass is 14.6. The lowest BCUT2D eigenvalue weighted by atomic mass is 9.63. The van der Waals surface area contributed by atoms with Gasteiger partial charge in [0.15, 0.2) is 0 Å². The van der Waals surface area contributed by atoms with Crippen LogP contribution in [0.2, 0.25) is 0 Å². The molecule has 1 aliphatic rings. The van der Waals surface area contributed by atoms with Crippen LogP contribution in [0.1, 0.15) is 47.0 Å². The molecule has 0 spiro atoms. The summed E-state index contributed by atoms with van der Waals surface area (Å²) in [7, 11) is 0. The van der Waals surface area contributed by atoms with E-state index in [1.54, 1.807) is 0 Å². The van der Waals surface area contributed by atoms with Crippen molar-refractivity contribution < 1.29 is 0 Å². The zero-order valence-corrected chi connectivity index (χ0v) is 10.8. The van der Waals surface area contributed by atoms with Crippen molar-refractivity contribution in [2.24, 2.45) is 28.9 Å². The number of hydrogen-bond donors (Lipinski definition) is 1. The molecule has 0 fully saturated rings. The molecule has 2 N–H and O–H groups in total. The average Bonchev–Trinajstić information content (AvgIpc) is 2.33. The Morgan fingerprint density at radius 2 is 1.93 bits per heavy atom. The molecule has 0 saturated heterocycles. The number of nitrogens with two attached hydrogens (primary N) is 1. The maximum absolute atomic E-state index is 5.90. The molecule has 0 amide bonds. The minimum Gasteiger partial charge on any atom is -0.330 e. The van der Waals surface area contributed by atoms with Gasteiger partial charge in [0.2, 0.25) is 0 Å². The Kier molecular flexibility index (Phi) is 4.39. The van der Waals surface area contributed by atoms with Gasteiger partial charge in [-0.15, -0.1) is 0 Å². The lowest BCUT2D eigenvalue weighted by Gasteiger charge is -2.42. The van der Waals surface area contributed by atoms with Crippen LogP contribution in [0.3, 0.4) is 0 Å². The van der Waals surface area contributed by atoms with Crippen LogP contribution in [0.25, 0.3) is 0 Å². The Labute approximate surface area is 95.1 Å². The van der Waals surface area contributed by atoms with Crippen LogP contribution in [-0.4, -0.2) is 6.54 Å². The van der Waals surface area contributed by atoms with Gasteiger partial charge in [-0.05, 0) is 36.1 Å². The standard InChI is InChI=1S/C14H27N/c1-5-12-9-7-8-11(10-15)13(6-2)14(12,3)4/h7-8,11-13H,5-6,9-10,15H2,1-4H3. The van der Waals surface area contributed by atoms with Crippen LogP contribution in [-0.2, 0) is 0 Å². The third-order valence-corrected chi connectivity index (χ3v) is 4.53. The van der Waals surface area contributed by atoms with E-state index in [0.29, 0.717) is 11.3 Å². The molecule has 0 radical (unpaired) electrons. The van der Waals surface area contributed by atoms with Gasteiger partial charge in [0.25, 0.3) is 0 Å². The van der Waals surface area contributed by atoms with E-state index in [4.69, 9.17) is 5.73 Å². The maximum Gasteiger partial charge on any atom is -0.00113 e. The summed E-state index contributed by atoms with van der Waals surface area (Å²) < 4.78 is 0. The van der Waals surface area contributed by atoms with Crippen LogP contribution in [0.15, 0.2) is 12.2 Å². The van der Waals surface area contributed by atoms with Gasteiger partial charge in [0.05, 0.1) is 0 Å². The molecule has 0 bridgehead atoms. The molecule has 3 unspecified atom stereocenters. The van der Waals surface area contributed by atoms with Gasteiger partial charge in [-0.1, -0.05) is 52.7 Å². The maximum atomic E-state index is 5.90. The first kappa shape index (κ1) is 12.8. The molecule has 0 aromatic carbocycles. The van der Waals surface area contributed by atoms with Crippen molar-refractivity contribution in [1.29, 1.82) is 0 Å². The lowest BCUT2D eigenvalue weighted by molar-refractivity contribution is 0.0852. The largest absolute Gasteiger partial charge is 0.330 e. The van der Waals surface area contributed by atoms with Gasteiger partial charge < -0.3 is 5.73 Å². The fourth-order valence-electron chi connectivity index (χ4n) is 3.47. The zero-order chi connectivity index (χ0) is 11.5. The highest BCUT2D eigenvalue weighted by Gasteiger charge is 2.39. The average molecular weight is 209 g/mol. The van der Waals surface area contributed by atoms with Gasteiger partial charge in [0.1, 0.15) is 0 Å². The van der Waals surface area contributed by atoms with E-state index in [1.807, 2.05) is 0 Å². The third-order valence-electron chi connectivity index (χ3n) is 4.53. The van der Waals surface area contributed by atoms with Crippen LogP contribution in [0, 0.1) is 23.2 Å². The fourth-order valence-corrected chi connectivity index (χ4v) is 3.47. The minimum atomic E-state index is 0.428. The van der Waals surface area contributed by atoms with Crippen LogP contribution in [0.4, 0.5) is 0 Å². The van der Waals surface area contributed by atoms with Gasteiger partial charge in [-0.25, -0.2) is 0 Å². The van der Waals surface area contributed by atoms with Crippen molar-refractivity contribution in [3.8, 4) is 0 Å². The van der Waals surface area contributed by atoms with E-state index in [9.17, 15) is 0 Å². The van der Waals surface area contributed by atoms with Gasteiger partial charge in [0, 0.05) is 0 Å². The summed E-state index contributed by atoms with van der Waals surface area (Å²) in [5.74, 6) is 2.14. The lowest BCUT2D eigenvalue weighted by Crippen LogP contribution is -2.37. The van der Waals surface area contributed by atoms with Crippen LogP contribution in [0.5, 0.6) is 0 Å². The summed E-state index contributed by atoms with van der Waals surface area (Å²) in [6, 6.07) is 0. The molecular formula is C14H27N. The molecule has 1 heteroatoms. The van der Waals surface area contributed by atoms with E-state index in [0.717, 1.165) is 18.4 Å². The quantitative estimate of drug-likeness (QED) is 0.706. The number of rotatable bonds is 3. The summed E-state index contributed by atoms with van der Waals surface area (Å²) in [4.78, 5) is 0. The van der Waals surface area contributed by atoms with Gasteiger partial charge >= 0.3 is 0 Å². The molecule has 3 atom stereocenters. The molecule has 1 rings (SSSR count). The Bertz CT molecular complexity index is 217. The smallest absolute Gasteiger partial charge is 0.00113 e. The third kappa shape index (κ3) is 2.44. The second-order valence-corrected chi connectivity index (χ2v) is 5.50. The monoisotopic (exact) mass is 209 g/mol. The van der Waals surface area contributed by atoms with E-state index in [-0.39, 0.29) is 0 Å². The highest BCUT2D eigenvalue weighted by molar-refractivity contribution is 5.03. The summed E-state index contributed by atoms with van der Waals surface area (Å²) in [5.41, 5.74) is 6.32. The van der Waals surface area contributed by atoms with Crippen molar-refractivity contribution in [3.05, 3.63) is 12.2 Å². The second kappa shape index (κ2) is 5.16. The van der Waals surface area contributed by atoms with Crippen LogP contribution < -0.4 is 5.73 Å². The summed E-state index contributed by atoms with van der Waals surface area (Å²) in [6.45, 7) is 10.3. The highest BCUT2D eigenvalue weighted by Crippen LogP contribution is 2.46. The van der Waals surface area contributed by atoms with E-state index < -0.39 is 0 Å². The first-order chi connectivity index (χ1) is 7.07. The summed E-state index contributed by atoms with van der Waals surface area (Å²) in [5, 5.41) is 0. The second-order valence-electron chi connectivity index (χ2n) is 5.50. The topological polar surface area (TPSA) is 26.0 Å². The van der Waals surface area contributed by atoms with Gasteiger partial charge in [-0.2, -0.15) is 0 Å². The Morgan fingerprint density at radius 1 is 1.27 bits per heavy atom. The number of allylic oxidation sites excluding steroid dienone is 1. The molecular weight excluding hydrogens is 182 g/mol. The summed E-state index contributed by atoms with van der Waals surface area (Å²) in [6.07, 6.45) is 8.49. The predicted molar refractivity (Wildman–Crippen MR) is 67.6 cm³/mol. The minimum absolute atomic E-state index is 0.428. The Balaban J connectivity index is 2.95. The van der Waals surface area contributed by atoms with Gasteiger partial charge in [-0.3, -0.25) is 0 Å². The Hall–Kier alpha value is -0.300. The predicted octanol–water partition coefficient (Wildman–Crippen LogP) is 3.60. The normalized spacial score (nSPS) is 35.1.